The zero-order chi connectivity index (χ0) is 18.4. The fraction of sp³-hybridized carbons (Fsp3) is 0.316. The van der Waals surface area contributed by atoms with E-state index in [0.29, 0.717) is 23.6 Å². The van der Waals surface area contributed by atoms with E-state index >= 15 is 0 Å². The van der Waals surface area contributed by atoms with Gasteiger partial charge >= 0.3 is 5.97 Å². The Bertz CT molecular complexity index is 735. The second-order valence-corrected chi connectivity index (χ2v) is 5.76. The first-order valence-corrected chi connectivity index (χ1v) is 7.89. The number of ether oxygens (including phenoxy) is 2. The Morgan fingerprint density at radius 1 is 1.20 bits per heavy atom. The van der Waals surface area contributed by atoms with E-state index in [4.69, 9.17) is 14.6 Å². The predicted molar refractivity (Wildman–Crippen MR) is 92.3 cm³/mol. The summed E-state index contributed by atoms with van der Waals surface area (Å²) in [6, 6.07) is 11.1. The molecule has 0 aliphatic heterocycles. The van der Waals surface area contributed by atoms with Crippen molar-refractivity contribution in [2.75, 3.05) is 14.2 Å². The number of carbonyl (C=O) groups is 1. The molecule has 0 radical (unpaired) electrons. The zero-order valence-electron chi connectivity index (χ0n) is 14.5. The number of nitrogens with zero attached hydrogens (tertiary/aromatic N) is 1. The zero-order valence-corrected chi connectivity index (χ0v) is 14.5. The predicted octanol–water partition coefficient (Wildman–Crippen LogP) is 3.32. The third-order valence-corrected chi connectivity index (χ3v) is 4.05. The van der Waals surface area contributed by atoms with Gasteiger partial charge in [0.1, 0.15) is 18.5 Å². The normalized spacial score (nSPS) is 12.0. The third-order valence-electron chi connectivity index (χ3n) is 4.05. The van der Waals surface area contributed by atoms with Crippen molar-refractivity contribution in [3.05, 3.63) is 59.4 Å². The van der Waals surface area contributed by atoms with Gasteiger partial charge in [-0.3, -0.25) is 9.69 Å². The van der Waals surface area contributed by atoms with Gasteiger partial charge in [0.25, 0.3) is 0 Å². The van der Waals surface area contributed by atoms with Crippen molar-refractivity contribution in [3.63, 3.8) is 0 Å². The molecule has 0 heterocycles. The van der Waals surface area contributed by atoms with Crippen LogP contribution in [-0.4, -0.2) is 36.2 Å². The van der Waals surface area contributed by atoms with Crippen LogP contribution < -0.4 is 9.47 Å². The number of rotatable bonds is 8. The molecule has 0 saturated heterocycles. The fourth-order valence-electron chi connectivity index (χ4n) is 2.37. The standard InChI is InChI=1S/C19H22FNO4/c1-13(19(22)23)21(2)11-14-8-6-10-17(24-3)18(14)25-12-15-7-4-5-9-16(15)20/h4-10,13H,11-12H2,1-3H3,(H,22,23). The van der Waals surface area contributed by atoms with Gasteiger partial charge in [-0.15, -0.1) is 0 Å². The first kappa shape index (κ1) is 18.7. The van der Waals surface area contributed by atoms with Crippen LogP contribution in [0.15, 0.2) is 42.5 Å². The molecule has 0 aromatic heterocycles. The van der Waals surface area contributed by atoms with Gasteiger partial charge in [-0.1, -0.05) is 30.3 Å². The van der Waals surface area contributed by atoms with Gasteiger partial charge in [0.2, 0.25) is 0 Å². The lowest BCUT2D eigenvalue weighted by Gasteiger charge is -2.23. The maximum Gasteiger partial charge on any atom is 0.320 e. The van der Waals surface area contributed by atoms with Gasteiger partial charge in [-0.05, 0) is 26.1 Å². The number of aliphatic carboxylic acids is 1. The average Bonchev–Trinajstić information content (AvgIpc) is 2.60. The lowest BCUT2D eigenvalue weighted by atomic mass is 10.1. The third kappa shape index (κ3) is 4.70. The lowest BCUT2D eigenvalue weighted by Crippen LogP contribution is -2.35. The van der Waals surface area contributed by atoms with Crippen LogP contribution in [0.25, 0.3) is 0 Å². The van der Waals surface area contributed by atoms with Crippen LogP contribution in [0.2, 0.25) is 0 Å². The Balaban J connectivity index is 2.23. The minimum absolute atomic E-state index is 0.0538. The topological polar surface area (TPSA) is 59.0 Å². The highest BCUT2D eigenvalue weighted by Crippen LogP contribution is 2.33. The first-order chi connectivity index (χ1) is 11.9. The smallest absolute Gasteiger partial charge is 0.320 e. The number of likely N-dealkylation sites (N-methyl/N-ethyl adjacent to an activating group) is 1. The van der Waals surface area contributed by atoms with Crippen molar-refractivity contribution in [1.82, 2.24) is 4.90 Å². The molecule has 0 fully saturated rings. The van der Waals surface area contributed by atoms with Crippen molar-refractivity contribution in [1.29, 1.82) is 0 Å². The summed E-state index contributed by atoms with van der Waals surface area (Å²) in [4.78, 5) is 12.8. The van der Waals surface area contributed by atoms with E-state index in [9.17, 15) is 9.18 Å². The second-order valence-electron chi connectivity index (χ2n) is 5.76. The maximum atomic E-state index is 13.8. The largest absolute Gasteiger partial charge is 0.493 e. The SMILES string of the molecule is COc1cccc(CN(C)C(C)C(=O)O)c1OCc1ccccc1F. The van der Waals surface area contributed by atoms with Crippen LogP contribution in [0.5, 0.6) is 11.5 Å². The van der Waals surface area contributed by atoms with Crippen molar-refractivity contribution in [3.8, 4) is 11.5 Å². The number of para-hydroxylation sites is 1. The highest BCUT2D eigenvalue weighted by molar-refractivity contribution is 5.72. The molecular formula is C19H22FNO4. The first-order valence-electron chi connectivity index (χ1n) is 7.89. The Kier molecular flexibility index (Phi) is 6.36. The van der Waals surface area contributed by atoms with E-state index in [1.807, 2.05) is 12.1 Å². The summed E-state index contributed by atoms with van der Waals surface area (Å²) >= 11 is 0. The molecule has 1 atom stereocenters. The van der Waals surface area contributed by atoms with Crippen molar-refractivity contribution in [2.45, 2.75) is 26.1 Å². The Morgan fingerprint density at radius 2 is 1.88 bits per heavy atom. The lowest BCUT2D eigenvalue weighted by molar-refractivity contribution is -0.142. The summed E-state index contributed by atoms with van der Waals surface area (Å²) in [5.41, 5.74) is 1.21. The molecule has 25 heavy (non-hydrogen) atoms. The second kappa shape index (κ2) is 8.48. The van der Waals surface area contributed by atoms with Crippen molar-refractivity contribution >= 4 is 5.97 Å². The number of benzene rings is 2. The van der Waals surface area contributed by atoms with Gasteiger partial charge in [-0.25, -0.2) is 4.39 Å². The van der Waals surface area contributed by atoms with Crippen molar-refractivity contribution in [2.24, 2.45) is 0 Å². The Hall–Kier alpha value is -2.60. The molecule has 0 amide bonds. The molecule has 2 rings (SSSR count). The van der Waals surface area contributed by atoms with E-state index in [0.717, 1.165) is 5.56 Å². The quantitative estimate of drug-likeness (QED) is 0.794. The highest BCUT2D eigenvalue weighted by Gasteiger charge is 2.20. The molecule has 0 saturated carbocycles. The van der Waals surface area contributed by atoms with Crippen LogP contribution in [0.3, 0.4) is 0 Å². The summed E-state index contributed by atoms with van der Waals surface area (Å²) in [6.07, 6.45) is 0. The van der Waals surface area contributed by atoms with E-state index < -0.39 is 12.0 Å². The molecule has 2 aromatic rings. The molecule has 0 aliphatic carbocycles. The molecule has 0 bridgehead atoms. The van der Waals surface area contributed by atoms with Crippen LogP contribution in [-0.2, 0) is 17.9 Å². The van der Waals surface area contributed by atoms with Crippen LogP contribution >= 0.6 is 0 Å². The minimum Gasteiger partial charge on any atom is -0.493 e. The number of carboxylic acid groups (broad SMARTS) is 1. The summed E-state index contributed by atoms with van der Waals surface area (Å²) < 4.78 is 25.0. The van der Waals surface area contributed by atoms with Gasteiger partial charge in [0.05, 0.1) is 7.11 Å². The maximum absolute atomic E-state index is 13.8. The van der Waals surface area contributed by atoms with E-state index in [2.05, 4.69) is 0 Å². The van der Waals surface area contributed by atoms with Crippen molar-refractivity contribution < 1.29 is 23.8 Å². The summed E-state index contributed by atoms with van der Waals surface area (Å²) in [5.74, 6) is -0.238. The highest BCUT2D eigenvalue weighted by atomic mass is 19.1. The monoisotopic (exact) mass is 347 g/mol. The molecule has 0 aliphatic rings. The molecule has 1 N–H and O–H groups in total. The summed E-state index contributed by atoms with van der Waals surface area (Å²) in [5, 5.41) is 9.14. The minimum atomic E-state index is -0.903. The fourth-order valence-corrected chi connectivity index (χ4v) is 2.37. The summed E-state index contributed by atoms with van der Waals surface area (Å²) in [7, 11) is 3.25. The van der Waals surface area contributed by atoms with E-state index in [-0.39, 0.29) is 12.4 Å². The molecule has 0 spiro atoms. The van der Waals surface area contributed by atoms with Crippen LogP contribution in [0.1, 0.15) is 18.1 Å². The van der Waals surface area contributed by atoms with Gasteiger partial charge in [-0.2, -0.15) is 0 Å². The van der Waals surface area contributed by atoms with Gasteiger partial charge < -0.3 is 14.6 Å². The van der Waals surface area contributed by atoms with Gasteiger partial charge in [0.15, 0.2) is 11.5 Å². The van der Waals surface area contributed by atoms with Crippen LogP contribution in [0.4, 0.5) is 4.39 Å². The molecule has 5 nitrogen and oxygen atoms in total. The number of hydrogen-bond acceptors (Lipinski definition) is 4. The Labute approximate surface area is 146 Å². The van der Waals surface area contributed by atoms with Gasteiger partial charge in [0, 0.05) is 17.7 Å². The molecule has 1 unspecified atom stereocenters. The molecular weight excluding hydrogens is 325 g/mol. The van der Waals surface area contributed by atoms with E-state index in [1.165, 1.54) is 13.2 Å². The number of hydrogen-bond donors (Lipinski definition) is 1. The molecule has 2 aromatic carbocycles. The molecule has 6 heteroatoms. The average molecular weight is 347 g/mol. The van der Waals surface area contributed by atoms with E-state index in [1.54, 1.807) is 43.1 Å². The van der Waals surface area contributed by atoms with Crippen LogP contribution in [0, 0.1) is 5.82 Å². The summed E-state index contributed by atoms with van der Waals surface area (Å²) in [6.45, 7) is 2.03. The number of halogens is 1. The molecule has 134 valence electrons. The number of methoxy groups -OCH3 is 1. The number of carboxylic acids is 1. The Morgan fingerprint density at radius 3 is 2.52 bits per heavy atom.